The molecule has 6 nitrogen and oxygen atoms in total. The van der Waals surface area contributed by atoms with E-state index in [1.165, 1.54) is 53.6 Å². The minimum absolute atomic E-state index is 0.0917. The maximum absolute atomic E-state index is 13.5. The number of pyridine rings is 1. The van der Waals surface area contributed by atoms with E-state index in [1.807, 2.05) is 12.1 Å². The van der Waals surface area contributed by atoms with Crippen LogP contribution < -0.4 is 10.9 Å². The van der Waals surface area contributed by atoms with E-state index in [9.17, 15) is 14.0 Å². The van der Waals surface area contributed by atoms with Crippen molar-refractivity contribution in [1.82, 2.24) is 19.9 Å². The zero-order valence-corrected chi connectivity index (χ0v) is 20.8. The highest BCUT2D eigenvalue weighted by Crippen LogP contribution is 2.30. The highest BCUT2D eigenvalue weighted by Gasteiger charge is 2.18. The third kappa shape index (κ3) is 5.46. The van der Waals surface area contributed by atoms with Gasteiger partial charge in [0.25, 0.3) is 5.56 Å². The Balaban J connectivity index is 1.39. The summed E-state index contributed by atoms with van der Waals surface area (Å²) in [5, 5.41) is 4.27. The predicted octanol–water partition coefficient (Wildman–Crippen LogP) is 5.29. The number of halogens is 1. The molecule has 1 aromatic carbocycles. The van der Waals surface area contributed by atoms with Crippen LogP contribution in [0.3, 0.4) is 0 Å². The van der Waals surface area contributed by atoms with Crippen LogP contribution in [-0.4, -0.2) is 32.7 Å². The van der Waals surface area contributed by atoms with Crippen LogP contribution in [-0.2, 0) is 11.3 Å². The molecule has 0 bridgehead atoms. The molecule has 1 aliphatic rings. The van der Waals surface area contributed by atoms with Crippen LogP contribution in [0.15, 0.2) is 64.2 Å². The molecule has 0 radical (unpaired) electrons. The fourth-order valence-electron chi connectivity index (χ4n) is 4.24. The summed E-state index contributed by atoms with van der Waals surface area (Å²) in [5.74, 6) is -0.271. The van der Waals surface area contributed by atoms with Crippen LogP contribution in [0.2, 0.25) is 0 Å². The van der Waals surface area contributed by atoms with Crippen molar-refractivity contribution < 1.29 is 9.18 Å². The maximum Gasteiger partial charge on any atom is 0.272 e. The second-order valence-electron chi connectivity index (χ2n) is 8.54. The molecular formula is C26H25FN4O2S2. The van der Waals surface area contributed by atoms with E-state index < -0.39 is 0 Å². The SMILES string of the molecule is O=C(CSc1nc2c(sc3ncccc32)c(=O)n1Cc1ccc(F)cc1)NCCC1=CCCCC1. The maximum atomic E-state index is 13.5. The van der Waals surface area contributed by atoms with Crippen LogP contribution in [0.4, 0.5) is 4.39 Å². The molecule has 3 heterocycles. The number of aromatic nitrogens is 3. The first-order valence-corrected chi connectivity index (χ1v) is 13.5. The van der Waals surface area contributed by atoms with Gasteiger partial charge in [-0.25, -0.2) is 14.4 Å². The monoisotopic (exact) mass is 508 g/mol. The number of nitrogens with one attached hydrogen (secondary N) is 1. The molecule has 180 valence electrons. The molecule has 0 aliphatic heterocycles. The Bertz CT molecular complexity index is 1460. The number of hydrogen-bond donors (Lipinski definition) is 1. The van der Waals surface area contributed by atoms with Gasteiger partial charge in [-0.05, 0) is 61.9 Å². The van der Waals surface area contributed by atoms with E-state index >= 15 is 0 Å². The van der Waals surface area contributed by atoms with E-state index in [1.54, 1.807) is 22.9 Å². The summed E-state index contributed by atoms with van der Waals surface area (Å²) in [6.45, 7) is 0.850. The molecule has 0 saturated heterocycles. The number of rotatable bonds is 8. The summed E-state index contributed by atoms with van der Waals surface area (Å²) < 4.78 is 15.5. The summed E-state index contributed by atoms with van der Waals surface area (Å²) in [6, 6.07) is 9.77. The van der Waals surface area contributed by atoms with Gasteiger partial charge in [0.15, 0.2) is 5.16 Å². The number of allylic oxidation sites excluding steroid dienone is 1. The molecular weight excluding hydrogens is 483 g/mol. The number of carbonyl (C=O) groups is 1. The van der Waals surface area contributed by atoms with Gasteiger partial charge in [-0.3, -0.25) is 14.2 Å². The van der Waals surface area contributed by atoms with Crippen molar-refractivity contribution in [2.45, 2.75) is 43.8 Å². The fraction of sp³-hybridized carbons (Fsp3) is 0.308. The second-order valence-corrected chi connectivity index (χ2v) is 10.5. The number of nitrogens with zero attached hydrogens (tertiary/aromatic N) is 3. The van der Waals surface area contributed by atoms with Gasteiger partial charge in [0, 0.05) is 18.1 Å². The molecule has 5 rings (SSSR count). The van der Waals surface area contributed by atoms with Gasteiger partial charge in [0.2, 0.25) is 5.91 Å². The summed E-state index contributed by atoms with van der Waals surface area (Å²) in [4.78, 5) is 36.0. The molecule has 0 saturated carbocycles. The third-order valence-electron chi connectivity index (χ3n) is 6.06. The first-order valence-electron chi connectivity index (χ1n) is 11.7. The van der Waals surface area contributed by atoms with Crippen LogP contribution in [0.1, 0.15) is 37.7 Å². The van der Waals surface area contributed by atoms with Gasteiger partial charge in [-0.2, -0.15) is 0 Å². The van der Waals surface area contributed by atoms with E-state index in [0.29, 0.717) is 21.9 Å². The topological polar surface area (TPSA) is 76.9 Å². The Kier molecular flexibility index (Phi) is 7.24. The molecule has 1 N–H and O–H groups in total. The van der Waals surface area contributed by atoms with E-state index in [4.69, 9.17) is 4.98 Å². The Hall–Kier alpha value is -3.04. The molecule has 0 atom stereocenters. The van der Waals surface area contributed by atoms with Gasteiger partial charge >= 0.3 is 0 Å². The Labute approximate surface area is 210 Å². The second kappa shape index (κ2) is 10.7. The number of hydrogen-bond acceptors (Lipinski definition) is 6. The van der Waals surface area contributed by atoms with Crippen LogP contribution >= 0.6 is 23.1 Å². The molecule has 1 amide bonds. The average Bonchev–Trinajstić information content (AvgIpc) is 3.25. The molecule has 0 spiro atoms. The molecule has 0 fully saturated rings. The fourth-order valence-corrected chi connectivity index (χ4v) is 6.09. The molecule has 9 heteroatoms. The Morgan fingerprint density at radius 3 is 2.86 bits per heavy atom. The van der Waals surface area contributed by atoms with Gasteiger partial charge in [0.1, 0.15) is 15.3 Å². The average molecular weight is 509 g/mol. The summed E-state index contributed by atoms with van der Waals surface area (Å²) in [6.07, 6.45) is 9.58. The van der Waals surface area contributed by atoms with Crippen molar-refractivity contribution in [1.29, 1.82) is 0 Å². The van der Waals surface area contributed by atoms with E-state index in [2.05, 4.69) is 16.4 Å². The van der Waals surface area contributed by atoms with E-state index in [-0.39, 0.29) is 29.6 Å². The van der Waals surface area contributed by atoms with Gasteiger partial charge in [-0.15, -0.1) is 11.3 Å². The Morgan fingerprint density at radius 1 is 1.20 bits per heavy atom. The van der Waals surface area contributed by atoms with Gasteiger partial charge in [0.05, 0.1) is 17.8 Å². The lowest BCUT2D eigenvalue weighted by Gasteiger charge is -2.14. The number of thioether (sulfide) groups is 1. The minimum atomic E-state index is -0.333. The standard InChI is InChI=1S/C26H25FN4O2S2/c27-19-10-8-18(9-11-19)15-31-25(33)23-22(20-7-4-13-29-24(20)35-23)30-26(31)34-16-21(32)28-14-12-17-5-2-1-3-6-17/h4-5,7-11,13H,1-3,6,12,14-16H2,(H,28,32). The zero-order chi connectivity index (χ0) is 24.2. The highest BCUT2D eigenvalue weighted by molar-refractivity contribution is 7.99. The van der Waals surface area contributed by atoms with Crippen molar-refractivity contribution in [2.75, 3.05) is 12.3 Å². The van der Waals surface area contributed by atoms with Crippen molar-refractivity contribution in [2.24, 2.45) is 0 Å². The van der Waals surface area contributed by atoms with Crippen LogP contribution in [0, 0.1) is 5.82 Å². The quantitative estimate of drug-likeness (QED) is 0.199. The summed E-state index contributed by atoms with van der Waals surface area (Å²) in [7, 11) is 0. The first kappa shape index (κ1) is 23.7. The van der Waals surface area contributed by atoms with Crippen LogP contribution in [0.5, 0.6) is 0 Å². The molecule has 35 heavy (non-hydrogen) atoms. The lowest BCUT2D eigenvalue weighted by atomic mass is 9.97. The Morgan fingerprint density at radius 2 is 2.06 bits per heavy atom. The number of carbonyl (C=O) groups excluding carboxylic acids is 1. The smallest absolute Gasteiger partial charge is 0.272 e. The lowest BCUT2D eigenvalue weighted by Crippen LogP contribution is -2.28. The van der Waals surface area contributed by atoms with Crippen molar-refractivity contribution >= 4 is 49.4 Å². The molecule has 0 unspecified atom stereocenters. The number of benzene rings is 1. The van der Waals surface area contributed by atoms with Crippen molar-refractivity contribution in [3.8, 4) is 0 Å². The van der Waals surface area contributed by atoms with Crippen LogP contribution in [0.25, 0.3) is 20.4 Å². The molecule has 4 aromatic rings. The first-order chi connectivity index (χ1) is 17.1. The third-order valence-corrected chi connectivity index (χ3v) is 8.12. The number of fused-ring (bicyclic) bond motifs is 3. The minimum Gasteiger partial charge on any atom is -0.355 e. The lowest BCUT2D eigenvalue weighted by molar-refractivity contribution is -0.118. The van der Waals surface area contributed by atoms with Crippen molar-refractivity contribution in [3.05, 3.63) is 76.0 Å². The summed E-state index contributed by atoms with van der Waals surface area (Å²) >= 11 is 2.55. The van der Waals surface area contributed by atoms with Gasteiger partial charge in [-0.1, -0.05) is 35.5 Å². The molecule has 3 aromatic heterocycles. The molecule has 1 aliphatic carbocycles. The number of thiophene rings is 1. The van der Waals surface area contributed by atoms with E-state index in [0.717, 1.165) is 35.0 Å². The number of amides is 1. The van der Waals surface area contributed by atoms with Crippen molar-refractivity contribution in [3.63, 3.8) is 0 Å². The normalized spacial score (nSPS) is 13.8. The summed E-state index contributed by atoms with van der Waals surface area (Å²) in [5.41, 5.74) is 2.61. The predicted molar refractivity (Wildman–Crippen MR) is 140 cm³/mol. The van der Waals surface area contributed by atoms with Gasteiger partial charge < -0.3 is 5.32 Å². The highest BCUT2D eigenvalue weighted by atomic mass is 32.2. The largest absolute Gasteiger partial charge is 0.355 e. The zero-order valence-electron chi connectivity index (χ0n) is 19.1.